The van der Waals surface area contributed by atoms with Crippen molar-refractivity contribution in [1.82, 2.24) is 30.1 Å². The Kier molecular flexibility index (Phi) is 5.01. The molecular formula is C21H15F3N8S. The van der Waals surface area contributed by atoms with Gasteiger partial charge in [-0.2, -0.15) is 13.2 Å². The van der Waals surface area contributed by atoms with Gasteiger partial charge in [0.1, 0.15) is 12.1 Å². The Labute approximate surface area is 189 Å². The first-order chi connectivity index (χ1) is 15.8. The summed E-state index contributed by atoms with van der Waals surface area (Å²) < 4.78 is 38.6. The fourth-order valence-electron chi connectivity index (χ4n) is 3.49. The van der Waals surface area contributed by atoms with Crippen molar-refractivity contribution in [1.29, 1.82) is 0 Å². The van der Waals surface area contributed by atoms with E-state index < -0.39 is 11.2 Å². The number of anilines is 3. The first kappa shape index (κ1) is 20.9. The van der Waals surface area contributed by atoms with E-state index in [1.807, 2.05) is 37.3 Å². The molecule has 166 valence electrons. The van der Waals surface area contributed by atoms with Crippen LogP contribution in [0.2, 0.25) is 0 Å². The number of hydrogen-bond acceptors (Lipinski definition) is 9. The minimum absolute atomic E-state index is 0.00681. The van der Waals surface area contributed by atoms with Crippen molar-refractivity contribution in [2.75, 3.05) is 17.7 Å². The van der Waals surface area contributed by atoms with Crippen molar-refractivity contribution in [3.63, 3.8) is 0 Å². The van der Waals surface area contributed by atoms with E-state index in [0.717, 1.165) is 27.6 Å². The fraction of sp³-hybridized carbons (Fsp3) is 0.143. The summed E-state index contributed by atoms with van der Waals surface area (Å²) in [4.78, 5) is 17.4. The molecule has 5 rings (SSSR count). The smallest absolute Gasteiger partial charge is 0.357 e. The Morgan fingerprint density at radius 2 is 1.85 bits per heavy atom. The maximum atomic E-state index is 12.9. The molecule has 0 atom stereocenters. The average molecular weight is 468 g/mol. The second kappa shape index (κ2) is 7.89. The lowest BCUT2D eigenvalue weighted by molar-refractivity contribution is -0.138. The number of alkyl halides is 3. The summed E-state index contributed by atoms with van der Waals surface area (Å²) in [6.07, 6.45) is -1.44. The number of aromatic nitrogens is 6. The normalized spacial score (nSPS) is 11.8. The Morgan fingerprint density at radius 3 is 2.61 bits per heavy atom. The van der Waals surface area contributed by atoms with Crippen LogP contribution >= 0.6 is 11.3 Å². The van der Waals surface area contributed by atoms with E-state index in [9.17, 15) is 13.2 Å². The van der Waals surface area contributed by atoms with Gasteiger partial charge in [-0.3, -0.25) is 0 Å². The predicted octanol–water partition coefficient (Wildman–Crippen LogP) is 5.20. The minimum Gasteiger partial charge on any atom is -0.357 e. The third kappa shape index (κ3) is 3.89. The Morgan fingerprint density at radius 1 is 1.00 bits per heavy atom. The van der Waals surface area contributed by atoms with E-state index in [1.54, 1.807) is 13.2 Å². The van der Waals surface area contributed by atoms with Crippen LogP contribution in [-0.2, 0) is 6.18 Å². The van der Waals surface area contributed by atoms with Gasteiger partial charge >= 0.3 is 6.18 Å². The van der Waals surface area contributed by atoms with E-state index in [2.05, 4.69) is 40.8 Å². The number of rotatable bonds is 4. The van der Waals surface area contributed by atoms with Crippen LogP contribution < -0.4 is 10.6 Å². The van der Waals surface area contributed by atoms with Gasteiger partial charge in [0.25, 0.3) is 0 Å². The van der Waals surface area contributed by atoms with Crippen molar-refractivity contribution >= 4 is 50.0 Å². The second-order valence-electron chi connectivity index (χ2n) is 7.13. The van der Waals surface area contributed by atoms with Gasteiger partial charge in [0, 0.05) is 29.6 Å². The highest BCUT2D eigenvalue weighted by Crippen LogP contribution is 2.37. The third-order valence-corrected chi connectivity index (χ3v) is 5.88. The lowest BCUT2D eigenvalue weighted by Gasteiger charge is -2.13. The number of benzene rings is 2. The Hall–Kier alpha value is -3.93. The summed E-state index contributed by atoms with van der Waals surface area (Å²) in [5, 5.41) is 13.0. The SMILES string of the molecule is CNc1ncc2cc(-c3c(C)ccc4c(Nc5nnc(C(F)(F)F)s5)ncnc34)ccc2n1. The molecule has 2 N–H and O–H groups in total. The predicted molar refractivity (Wildman–Crippen MR) is 121 cm³/mol. The maximum absolute atomic E-state index is 12.9. The van der Waals surface area contributed by atoms with Crippen LogP contribution in [-0.4, -0.2) is 37.2 Å². The number of hydrogen-bond donors (Lipinski definition) is 2. The molecule has 8 nitrogen and oxygen atoms in total. The van der Waals surface area contributed by atoms with Crippen LogP contribution in [0.1, 0.15) is 10.6 Å². The summed E-state index contributed by atoms with van der Waals surface area (Å²) in [7, 11) is 1.76. The lowest BCUT2D eigenvalue weighted by Crippen LogP contribution is -2.03. The molecule has 0 aliphatic carbocycles. The monoisotopic (exact) mass is 468 g/mol. The fourth-order valence-corrected chi connectivity index (χ4v) is 4.10. The molecule has 5 aromatic rings. The molecule has 12 heteroatoms. The molecule has 0 bridgehead atoms. The molecular weight excluding hydrogens is 453 g/mol. The summed E-state index contributed by atoms with van der Waals surface area (Å²) in [6.45, 7) is 1.97. The summed E-state index contributed by atoms with van der Waals surface area (Å²) in [5.41, 5.74) is 4.22. The summed E-state index contributed by atoms with van der Waals surface area (Å²) >= 11 is 0.414. The van der Waals surface area contributed by atoms with Gasteiger partial charge in [-0.05, 0) is 36.2 Å². The quantitative estimate of drug-likeness (QED) is 0.371. The second-order valence-corrected chi connectivity index (χ2v) is 8.11. The average Bonchev–Trinajstić information content (AvgIpc) is 3.28. The standard InChI is InChI=1S/C21H15F3N8S/c1-10-3-5-13-16(15(10)11-4-6-14-12(7-11)8-26-19(25-2)29-14)27-9-28-17(13)30-20-32-31-18(33-20)21(22,23)24/h3-9H,1-2H3,(H,25,26,29)(H,27,28,30,32). The molecule has 0 saturated carbocycles. The molecule has 0 aliphatic rings. The first-order valence-electron chi connectivity index (χ1n) is 9.70. The molecule has 2 aromatic carbocycles. The molecule has 0 aliphatic heterocycles. The number of fused-ring (bicyclic) bond motifs is 2. The number of nitrogens with zero attached hydrogens (tertiary/aromatic N) is 6. The third-order valence-electron chi connectivity index (χ3n) is 5.00. The zero-order chi connectivity index (χ0) is 23.2. The van der Waals surface area contributed by atoms with Crippen molar-refractivity contribution in [2.24, 2.45) is 0 Å². The summed E-state index contributed by atoms with van der Waals surface area (Å²) in [5.74, 6) is 0.874. The van der Waals surface area contributed by atoms with E-state index in [1.165, 1.54) is 6.33 Å². The van der Waals surface area contributed by atoms with Crippen molar-refractivity contribution in [2.45, 2.75) is 13.1 Å². The molecule has 3 aromatic heterocycles. The molecule has 0 saturated heterocycles. The van der Waals surface area contributed by atoms with E-state index in [0.29, 0.717) is 34.0 Å². The zero-order valence-electron chi connectivity index (χ0n) is 17.3. The van der Waals surface area contributed by atoms with E-state index >= 15 is 0 Å². The van der Waals surface area contributed by atoms with Gasteiger partial charge in [-0.25, -0.2) is 19.9 Å². The van der Waals surface area contributed by atoms with Gasteiger partial charge in [-0.15, -0.1) is 10.2 Å². The molecule has 0 spiro atoms. The Bertz CT molecular complexity index is 1500. The number of halogens is 3. The first-order valence-corrected chi connectivity index (χ1v) is 10.5. The van der Waals surface area contributed by atoms with Crippen molar-refractivity contribution in [3.8, 4) is 11.1 Å². The molecule has 0 amide bonds. The van der Waals surface area contributed by atoms with Gasteiger partial charge in [0.15, 0.2) is 0 Å². The Balaban J connectivity index is 1.60. The lowest BCUT2D eigenvalue weighted by atomic mass is 9.96. The molecule has 33 heavy (non-hydrogen) atoms. The topological polar surface area (TPSA) is 101 Å². The van der Waals surface area contributed by atoms with Crippen molar-refractivity contribution in [3.05, 3.63) is 53.4 Å². The molecule has 0 radical (unpaired) electrons. The zero-order valence-corrected chi connectivity index (χ0v) is 18.1. The van der Waals surface area contributed by atoms with Crippen LogP contribution in [0, 0.1) is 6.92 Å². The highest BCUT2D eigenvalue weighted by Gasteiger charge is 2.35. The van der Waals surface area contributed by atoms with Crippen molar-refractivity contribution < 1.29 is 13.2 Å². The highest BCUT2D eigenvalue weighted by atomic mass is 32.1. The largest absolute Gasteiger partial charge is 0.445 e. The van der Waals surface area contributed by atoms with Gasteiger partial charge in [-0.1, -0.05) is 23.5 Å². The van der Waals surface area contributed by atoms with Crippen LogP contribution in [0.25, 0.3) is 32.9 Å². The molecule has 0 fully saturated rings. The minimum atomic E-state index is -4.55. The number of nitrogens with one attached hydrogen (secondary N) is 2. The maximum Gasteiger partial charge on any atom is 0.445 e. The van der Waals surface area contributed by atoms with Gasteiger partial charge in [0.2, 0.25) is 16.1 Å². The van der Waals surface area contributed by atoms with Crippen LogP contribution in [0.4, 0.5) is 30.1 Å². The van der Waals surface area contributed by atoms with E-state index in [-0.39, 0.29) is 5.13 Å². The number of aryl methyl sites for hydroxylation is 1. The van der Waals surface area contributed by atoms with Crippen LogP contribution in [0.5, 0.6) is 0 Å². The highest BCUT2D eigenvalue weighted by molar-refractivity contribution is 7.15. The van der Waals surface area contributed by atoms with Gasteiger partial charge in [0.05, 0.1) is 11.0 Å². The summed E-state index contributed by atoms with van der Waals surface area (Å²) in [6, 6.07) is 9.58. The molecule has 3 heterocycles. The van der Waals surface area contributed by atoms with Gasteiger partial charge < -0.3 is 10.6 Å². The van der Waals surface area contributed by atoms with E-state index in [4.69, 9.17) is 0 Å². The van der Waals surface area contributed by atoms with Crippen LogP contribution in [0.3, 0.4) is 0 Å². The van der Waals surface area contributed by atoms with Crippen LogP contribution in [0.15, 0.2) is 42.9 Å². The molecule has 0 unspecified atom stereocenters.